The Balaban J connectivity index is 1.78. The van der Waals surface area contributed by atoms with Crippen molar-refractivity contribution in [2.45, 2.75) is 6.04 Å². The Morgan fingerprint density at radius 1 is 1.10 bits per heavy atom. The first-order valence-corrected chi connectivity index (χ1v) is 8.89. The summed E-state index contributed by atoms with van der Waals surface area (Å²) in [6.45, 7) is -0.00901. The van der Waals surface area contributed by atoms with Crippen LogP contribution in [-0.2, 0) is 0 Å². The van der Waals surface area contributed by atoms with Crippen molar-refractivity contribution in [3.63, 3.8) is 0 Å². The second kappa shape index (κ2) is 9.20. The molecule has 0 bridgehead atoms. The SMILES string of the molecule is CN(C)C(CNC(=O)c1cccnc1Oc1cccnc1)c1c(F)cccc1F. The topological polar surface area (TPSA) is 67.4 Å². The second-order valence-corrected chi connectivity index (χ2v) is 6.47. The van der Waals surface area contributed by atoms with Gasteiger partial charge in [-0.15, -0.1) is 0 Å². The lowest BCUT2D eigenvalue weighted by Gasteiger charge is -2.26. The average Bonchev–Trinajstić information content (AvgIpc) is 2.71. The summed E-state index contributed by atoms with van der Waals surface area (Å²) in [5.41, 5.74) is 0.0960. The van der Waals surface area contributed by atoms with E-state index in [2.05, 4.69) is 15.3 Å². The van der Waals surface area contributed by atoms with Crippen molar-refractivity contribution in [3.8, 4) is 11.6 Å². The van der Waals surface area contributed by atoms with Crippen molar-refractivity contribution >= 4 is 5.91 Å². The van der Waals surface area contributed by atoms with E-state index >= 15 is 0 Å². The van der Waals surface area contributed by atoms with Crippen LogP contribution >= 0.6 is 0 Å². The molecule has 3 aromatic rings. The smallest absolute Gasteiger partial charge is 0.256 e. The largest absolute Gasteiger partial charge is 0.437 e. The lowest BCUT2D eigenvalue weighted by Crippen LogP contribution is -2.35. The number of pyridine rings is 2. The predicted molar refractivity (Wildman–Crippen MR) is 104 cm³/mol. The summed E-state index contributed by atoms with van der Waals surface area (Å²) in [7, 11) is 3.37. The molecule has 1 amide bonds. The standard InChI is InChI=1S/C21H20F2N4O2/c1-27(2)18(19-16(22)8-3-9-17(19)23)13-26-20(28)15-7-5-11-25-21(15)29-14-6-4-10-24-12-14/h3-12,18H,13H2,1-2H3,(H,26,28). The van der Waals surface area contributed by atoms with E-state index in [-0.39, 0.29) is 23.6 Å². The van der Waals surface area contributed by atoms with Gasteiger partial charge in [0.15, 0.2) is 0 Å². The molecule has 0 aliphatic carbocycles. The predicted octanol–water partition coefficient (Wildman–Crippen LogP) is 3.58. The number of halogens is 2. The zero-order valence-electron chi connectivity index (χ0n) is 16.0. The van der Waals surface area contributed by atoms with Gasteiger partial charge in [-0.05, 0) is 50.5 Å². The third kappa shape index (κ3) is 4.91. The van der Waals surface area contributed by atoms with Gasteiger partial charge in [0.25, 0.3) is 5.91 Å². The van der Waals surface area contributed by atoms with Crippen LogP contribution < -0.4 is 10.1 Å². The Kier molecular flexibility index (Phi) is 6.46. The number of benzene rings is 1. The Hall–Kier alpha value is -3.39. The number of amides is 1. The van der Waals surface area contributed by atoms with Gasteiger partial charge in [0.05, 0.1) is 12.2 Å². The van der Waals surface area contributed by atoms with Crippen LogP contribution in [-0.4, -0.2) is 41.4 Å². The van der Waals surface area contributed by atoms with Gasteiger partial charge in [-0.1, -0.05) is 6.07 Å². The summed E-state index contributed by atoms with van der Waals surface area (Å²) in [6, 6.07) is 9.54. The number of nitrogens with one attached hydrogen (secondary N) is 1. The average molecular weight is 398 g/mol. The molecule has 0 saturated carbocycles. The molecule has 2 heterocycles. The van der Waals surface area contributed by atoms with Crippen molar-refractivity contribution in [2.24, 2.45) is 0 Å². The molecule has 1 aromatic carbocycles. The minimum atomic E-state index is -0.695. The Morgan fingerprint density at radius 2 is 1.83 bits per heavy atom. The lowest BCUT2D eigenvalue weighted by molar-refractivity contribution is 0.0937. The number of carbonyl (C=O) groups excluding carboxylic acids is 1. The van der Waals surface area contributed by atoms with Crippen molar-refractivity contribution in [1.82, 2.24) is 20.2 Å². The zero-order valence-corrected chi connectivity index (χ0v) is 16.0. The maximum Gasteiger partial charge on any atom is 0.256 e. The van der Waals surface area contributed by atoms with Gasteiger partial charge in [0.1, 0.15) is 22.9 Å². The van der Waals surface area contributed by atoms with E-state index in [1.807, 2.05) is 0 Å². The van der Waals surface area contributed by atoms with Gasteiger partial charge in [-0.2, -0.15) is 0 Å². The number of carbonyl (C=O) groups is 1. The van der Waals surface area contributed by atoms with Crippen LogP contribution in [0.3, 0.4) is 0 Å². The fourth-order valence-electron chi connectivity index (χ4n) is 2.82. The molecular weight excluding hydrogens is 378 g/mol. The summed E-state index contributed by atoms with van der Waals surface area (Å²) in [4.78, 5) is 22.4. The number of aromatic nitrogens is 2. The molecule has 0 aliphatic rings. The first-order chi connectivity index (χ1) is 14.0. The molecular formula is C21H20F2N4O2. The van der Waals surface area contributed by atoms with Crippen LogP contribution in [0, 0.1) is 11.6 Å². The number of nitrogens with zero attached hydrogens (tertiary/aromatic N) is 3. The molecule has 1 atom stereocenters. The van der Waals surface area contributed by atoms with Gasteiger partial charge >= 0.3 is 0 Å². The van der Waals surface area contributed by atoms with Crippen LogP contribution in [0.4, 0.5) is 8.78 Å². The van der Waals surface area contributed by atoms with E-state index < -0.39 is 23.6 Å². The maximum absolute atomic E-state index is 14.2. The highest BCUT2D eigenvalue weighted by molar-refractivity contribution is 5.96. The summed E-state index contributed by atoms with van der Waals surface area (Å²) in [5, 5.41) is 2.71. The van der Waals surface area contributed by atoms with Crippen molar-refractivity contribution < 1.29 is 18.3 Å². The van der Waals surface area contributed by atoms with Crippen molar-refractivity contribution in [2.75, 3.05) is 20.6 Å². The second-order valence-electron chi connectivity index (χ2n) is 6.47. The van der Waals surface area contributed by atoms with Crippen LogP contribution in [0.5, 0.6) is 11.6 Å². The molecule has 0 aliphatic heterocycles. The highest BCUT2D eigenvalue weighted by Gasteiger charge is 2.24. The molecule has 1 N–H and O–H groups in total. The summed E-state index contributed by atoms with van der Waals surface area (Å²) >= 11 is 0. The molecule has 150 valence electrons. The molecule has 29 heavy (non-hydrogen) atoms. The molecule has 3 rings (SSSR count). The summed E-state index contributed by atoms with van der Waals surface area (Å²) in [5.74, 6) is -1.27. The number of ether oxygens (including phenoxy) is 1. The molecule has 6 nitrogen and oxygen atoms in total. The normalized spacial score (nSPS) is 11.9. The van der Waals surface area contributed by atoms with Crippen LogP contribution in [0.25, 0.3) is 0 Å². The fourth-order valence-corrected chi connectivity index (χ4v) is 2.82. The molecule has 0 fully saturated rings. The van der Waals surface area contributed by atoms with E-state index in [4.69, 9.17) is 4.74 Å². The summed E-state index contributed by atoms with van der Waals surface area (Å²) in [6.07, 6.45) is 4.60. The molecule has 2 aromatic heterocycles. The Labute approximate surface area is 167 Å². The highest BCUT2D eigenvalue weighted by atomic mass is 19.1. The minimum Gasteiger partial charge on any atom is -0.437 e. The van der Waals surface area contributed by atoms with Crippen molar-refractivity contribution in [3.05, 3.63) is 83.8 Å². The van der Waals surface area contributed by atoms with Gasteiger partial charge < -0.3 is 15.0 Å². The van der Waals surface area contributed by atoms with Gasteiger partial charge in [-0.3, -0.25) is 9.78 Å². The van der Waals surface area contributed by atoms with Gasteiger partial charge in [0.2, 0.25) is 5.88 Å². The van der Waals surface area contributed by atoms with E-state index in [0.29, 0.717) is 5.75 Å². The first-order valence-electron chi connectivity index (χ1n) is 8.89. The number of hydrogen-bond acceptors (Lipinski definition) is 5. The minimum absolute atomic E-state index is 0.00901. The third-order valence-electron chi connectivity index (χ3n) is 4.28. The van der Waals surface area contributed by atoms with E-state index in [0.717, 1.165) is 0 Å². The van der Waals surface area contributed by atoms with E-state index in [1.165, 1.54) is 30.6 Å². The van der Waals surface area contributed by atoms with E-state index in [9.17, 15) is 13.6 Å². The molecule has 0 spiro atoms. The van der Waals surface area contributed by atoms with Crippen molar-refractivity contribution in [1.29, 1.82) is 0 Å². The molecule has 0 radical (unpaired) electrons. The quantitative estimate of drug-likeness (QED) is 0.659. The van der Waals surface area contributed by atoms with E-state index in [1.54, 1.807) is 49.5 Å². The summed E-state index contributed by atoms with van der Waals surface area (Å²) < 4.78 is 34.0. The molecule has 0 saturated heterocycles. The first kappa shape index (κ1) is 20.3. The van der Waals surface area contributed by atoms with Crippen LogP contribution in [0.2, 0.25) is 0 Å². The van der Waals surface area contributed by atoms with Crippen LogP contribution in [0.15, 0.2) is 61.1 Å². The Bertz CT molecular complexity index is 963. The number of likely N-dealkylation sites (N-methyl/N-ethyl adjacent to an activating group) is 1. The molecule has 1 unspecified atom stereocenters. The number of hydrogen-bond donors (Lipinski definition) is 1. The van der Waals surface area contributed by atoms with Gasteiger partial charge in [0, 0.05) is 24.5 Å². The third-order valence-corrected chi connectivity index (χ3v) is 4.28. The lowest BCUT2D eigenvalue weighted by atomic mass is 10.0. The van der Waals surface area contributed by atoms with Crippen LogP contribution in [0.1, 0.15) is 22.0 Å². The number of rotatable bonds is 7. The molecule has 8 heteroatoms. The maximum atomic E-state index is 14.2. The highest BCUT2D eigenvalue weighted by Crippen LogP contribution is 2.25. The fraction of sp³-hybridized carbons (Fsp3) is 0.190. The van der Waals surface area contributed by atoms with Gasteiger partial charge in [-0.25, -0.2) is 13.8 Å². The monoisotopic (exact) mass is 398 g/mol. The zero-order chi connectivity index (χ0) is 20.8. The Morgan fingerprint density at radius 3 is 2.48 bits per heavy atom.